The molecule has 2 N–H and O–H groups in total. The van der Waals surface area contributed by atoms with Crippen LogP contribution in [0.4, 0.5) is 0 Å². The molecule has 22 heavy (non-hydrogen) atoms. The maximum atomic E-state index is 12.0. The molecule has 1 fully saturated rings. The van der Waals surface area contributed by atoms with Crippen LogP contribution >= 0.6 is 0 Å². The molecule has 0 saturated carbocycles. The highest BCUT2D eigenvalue weighted by Gasteiger charge is 2.22. The van der Waals surface area contributed by atoms with Crippen molar-refractivity contribution in [3.05, 3.63) is 23.8 Å². The molecule has 2 atom stereocenters. The zero-order valence-corrected chi connectivity index (χ0v) is 13.6. The number of hydrogen-bond donors (Lipinski definition) is 2. The first-order valence-corrected chi connectivity index (χ1v) is 7.88. The Hall–Kier alpha value is -1.75. The van der Waals surface area contributed by atoms with E-state index in [1.165, 1.54) is 0 Å². The smallest absolute Gasteiger partial charge is 0.237 e. The molecule has 0 aliphatic carbocycles. The highest BCUT2D eigenvalue weighted by atomic mass is 16.5. The Labute approximate surface area is 132 Å². The number of hydrogen-bond acceptors (Lipinski definition) is 4. The lowest BCUT2D eigenvalue weighted by atomic mass is 10.0. The van der Waals surface area contributed by atoms with Crippen molar-refractivity contribution in [2.24, 2.45) is 0 Å². The molecule has 1 saturated heterocycles. The zero-order chi connectivity index (χ0) is 15.9. The van der Waals surface area contributed by atoms with Gasteiger partial charge in [-0.1, -0.05) is 6.07 Å². The first-order valence-electron chi connectivity index (χ1n) is 7.88. The number of rotatable bonds is 6. The Morgan fingerprint density at radius 2 is 2.05 bits per heavy atom. The van der Waals surface area contributed by atoms with Gasteiger partial charge in [-0.25, -0.2) is 0 Å². The topological polar surface area (TPSA) is 59.6 Å². The van der Waals surface area contributed by atoms with Crippen LogP contribution < -0.4 is 20.1 Å². The van der Waals surface area contributed by atoms with Crippen LogP contribution in [0.5, 0.6) is 11.5 Å². The first-order chi connectivity index (χ1) is 10.6. The maximum absolute atomic E-state index is 12.0. The van der Waals surface area contributed by atoms with Crippen LogP contribution in [0.2, 0.25) is 0 Å². The molecular formula is C17H26N2O3. The van der Waals surface area contributed by atoms with E-state index in [2.05, 4.69) is 17.6 Å². The van der Waals surface area contributed by atoms with E-state index in [1.807, 2.05) is 18.2 Å². The standard InChI is InChI=1S/C17H26N2O3/c1-12(19-14-6-4-5-9-18-17(14)20)10-13-7-8-15(21-2)16(11-13)22-3/h7-8,11-12,14,19H,4-6,9-10H2,1-3H3,(H,18,20)/t12-,14-/m1/s1. The summed E-state index contributed by atoms with van der Waals surface area (Å²) in [6.45, 7) is 2.90. The quantitative estimate of drug-likeness (QED) is 0.843. The van der Waals surface area contributed by atoms with Crippen molar-refractivity contribution in [3.63, 3.8) is 0 Å². The molecule has 122 valence electrons. The van der Waals surface area contributed by atoms with Crippen LogP contribution in [0.3, 0.4) is 0 Å². The summed E-state index contributed by atoms with van der Waals surface area (Å²) in [5, 5.41) is 6.40. The highest BCUT2D eigenvalue weighted by molar-refractivity contribution is 5.81. The molecule has 2 rings (SSSR count). The van der Waals surface area contributed by atoms with E-state index in [4.69, 9.17) is 9.47 Å². The number of carbonyl (C=O) groups is 1. The van der Waals surface area contributed by atoms with Gasteiger partial charge in [-0.15, -0.1) is 0 Å². The first kappa shape index (κ1) is 16.6. The van der Waals surface area contributed by atoms with Crippen LogP contribution in [0.15, 0.2) is 18.2 Å². The van der Waals surface area contributed by atoms with E-state index in [9.17, 15) is 4.79 Å². The zero-order valence-electron chi connectivity index (χ0n) is 13.6. The van der Waals surface area contributed by atoms with Crippen molar-refractivity contribution in [1.82, 2.24) is 10.6 Å². The van der Waals surface area contributed by atoms with Gasteiger partial charge in [0.2, 0.25) is 5.91 Å². The number of benzene rings is 1. The highest BCUT2D eigenvalue weighted by Crippen LogP contribution is 2.28. The lowest BCUT2D eigenvalue weighted by molar-refractivity contribution is -0.123. The second kappa shape index (κ2) is 8.03. The van der Waals surface area contributed by atoms with Crippen molar-refractivity contribution in [1.29, 1.82) is 0 Å². The van der Waals surface area contributed by atoms with Crippen molar-refractivity contribution in [2.45, 2.75) is 44.7 Å². The van der Waals surface area contributed by atoms with E-state index < -0.39 is 0 Å². The molecule has 1 aliphatic rings. The summed E-state index contributed by atoms with van der Waals surface area (Å²) in [6, 6.07) is 6.07. The van der Waals surface area contributed by atoms with Gasteiger partial charge in [-0.3, -0.25) is 4.79 Å². The maximum Gasteiger partial charge on any atom is 0.237 e. The summed E-state index contributed by atoms with van der Waals surface area (Å²) in [4.78, 5) is 12.0. The monoisotopic (exact) mass is 306 g/mol. The molecule has 5 nitrogen and oxygen atoms in total. The molecule has 0 radical (unpaired) electrons. The van der Waals surface area contributed by atoms with E-state index in [-0.39, 0.29) is 18.0 Å². The lowest BCUT2D eigenvalue weighted by Crippen LogP contribution is -2.47. The Balaban J connectivity index is 1.96. The second-order valence-electron chi connectivity index (χ2n) is 5.80. The van der Waals surface area contributed by atoms with Crippen LogP contribution in [-0.2, 0) is 11.2 Å². The third-order valence-corrected chi connectivity index (χ3v) is 4.01. The number of methoxy groups -OCH3 is 2. The summed E-state index contributed by atoms with van der Waals surface area (Å²) in [5.41, 5.74) is 1.16. The fourth-order valence-corrected chi connectivity index (χ4v) is 2.86. The number of carbonyl (C=O) groups excluding carboxylic acids is 1. The lowest BCUT2D eigenvalue weighted by Gasteiger charge is -2.21. The van der Waals surface area contributed by atoms with Crippen molar-refractivity contribution in [2.75, 3.05) is 20.8 Å². The van der Waals surface area contributed by atoms with Gasteiger partial charge >= 0.3 is 0 Å². The van der Waals surface area contributed by atoms with Crippen LogP contribution in [0.1, 0.15) is 31.7 Å². The average molecular weight is 306 g/mol. The van der Waals surface area contributed by atoms with Crippen LogP contribution in [-0.4, -0.2) is 38.8 Å². The van der Waals surface area contributed by atoms with Gasteiger partial charge in [0.1, 0.15) is 0 Å². The van der Waals surface area contributed by atoms with Gasteiger partial charge in [0.05, 0.1) is 20.3 Å². The van der Waals surface area contributed by atoms with Gasteiger partial charge in [-0.2, -0.15) is 0 Å². The van der Waals surface area contributed by atoms with Crippen LogP contribution in [0, 0.1) is 0 Å². The molecule has 1 aliphatic heterocycles. The number of amides is 1. The summed E-state index contributed by atoms with van der Waals surface area (Å²) in [6.07, 6.45) is 3.89. The van der Waals surface area contributed by atoms with Gasteiger partial charge in [0, 0.05) is 12.6 Å². The molecule has 1 aromatic carbocycles. The summed E-state index contributed by atoms with van der Waals surface area (Å²) < 4.78 is 10.6. The van der Waals surface area contributed by atoms with E-state index >= 15 is 0 Å². The second-order valence-corrected chi connectivity index (χ2v) is 5.80. The molecule has 0 bridgehead atoms. The minimum Gasteiger partial charge on any atom is -0.493 e. The van der Waals surface area contributed by atoms with Crippen molar-refractivity contribution in [3.8, 4) is 11.5 Å². The van der Waals surface area contributed by atoms with Crippen molar-refractivity contribution < 1.29 is 14.3 Å². The molecule has 0 unspecified atom stereocenters. The molecule has 0 aromatic heterocycles. The fraction of sp³-hybridized carbons (Fsp3) is 0.588. The third-order valence-electron chi connectivity index (χ3n) is 4.01. The summed E-state index contributed by atoms with van der Waals surface area (Å²) >= 11 is 0. The minimum absolute atomic E-state index is 0.0855. The Kier molecular flexibility index (Phi) is 6.07. The molecule has 0 spiro atoms. The normalized spacial score (nSPS) is 20.0. The molecule has 1 heterocycles. The molecule has 5 heteroatoms. The fourth-order valence-electron chi connectivity index (χ4n) is 2.86. The van der Waals surface area contributed by atoms with Crippen LogP contribution in [0.25, 0.3) is 0 Å². The number of nitrogens with one attached hydrogen (secondary N) is 2. The summed E-state index contributed by atoms with van der Waals surface area (Å²) in [7, 11) is 3.27. The average Bonchev–Trinajstić information content (AvgIpc) is 2.72. The van der Waals surface area contributed by atoms with E-state index in [0.717, 1.165) is 49.3 Å². The third kappa shape index (κ3) is 4.37. The Morgan fingerprint density at radius 1 is 1.27 bits per heavy atom. The predicted octanol–water partition coefficient (Wildman–Crippen LogP) is 1.89. The molecule has 1 aromatic rings. The Bertz CT molecular complexity index is 505. The van der Waals surface area contributed by atoms with Gasteiger partial charge in [0.15, 0.2) is 11.5 Å². The Morgan fingerprint density at radius 3 is 2.77 bits per heavy atom. The minimum atomic E-state index is -0.0855. The van der Waals surface area contributed by atoms with Crippen molar-refractivity contribution >= 4 is 5.91 Å². The molecule has 1 amide bonds. The van der Waals surface area contributed by atoms with E-state index in [1.54, 1.807) is 14.2 Å². The summed E-state index contributed by atoms with van der Waals surface area (Å²) in [5.74, 6) is 1.59. The van der Waals surface area contributed by atoms with Gasteiger partial charge < -0.3 is 20.1 Å². The van der Waals surface area contributed by atoms with Gasteiger partial charge in [-0.05, 0) is 50.3 Å². The molecular weight excluding hydrogens is 280 g/mol. The number of ether oxygens (including phenoxy) is 2. The SMILES string of the molecule is COc1ccc(C[C@@H](C)N[C@@H]2CCCCNC2=O)cc1OC. The van der Waals surface area contributed by atoms with E-state index in [0.29, 0.717) is 0 Å². The van der Waals surface area contributed by atoms with Gasteiger partial charge in [0.25, 0.3) is 0 Å². The largest absolute Gasteiger partial charge is 0.493 e. The predicted molar refractivity (Wildman–Crippen MR) is 86.5 cm³/mol.